The van der Waals surface area contributed by atoms with Crippen molar-refractivity contribution in [3.63, 3.8) is 0 Å². The molecule has 1 aliphatic rings. The summed E-state index contributed by atoms with van der Waals surface area (Å²) >= 11 is 1.77. The van der Waals surface area contributed by atoms with E-state index in [1.54, 1.807) is 59.9 Å². The number of rotatable bonds is 7. The number of hydrogen-bond acceptors (Lipinski definition) is 3. The number of aryl methyl sites for hydroxylation is 2. The van der Waals surface area contributed by atoms with Crippen LogP contribution >= 0.6 is 11.3 Å². The normalized spacial score (nSPS) is 15.4. The van der Waals surface area contributed by atoms with Gasteiger partial charge < -0.3 is 9.80 Å². The molecule has 1 aliphatic carbocycles. The van der Waals surface area contributed by atoms with E-state index in [1.807, 2.05) is 54.6 Å². The molecule has 0 spiro atoms. The van der Waals surface area contributed by atoms with Crippen molar-refractivity contribution < 1.29 is 11.0 Å². The molecule has 292 valence electrons. The maximum atomic E-state index is 8.24. The first-order valence-electron chi connectivity index (χ1n) is 24.5. The molecule has 0 saturated heterocycles. The zero-order valence-corrected chi connectivity index (χ0v) is 34.3. The van der Waals surface area contributed by atoms with Crippen LogP contribution in [0.15, 0.2) is 188 Å². The lowest BCUT2D eigenvalue weighted by atomic mass is 9.81. The van der Waals surface area contributed by atoms with Crippen LogP contribution in [0.3, 0.4) is 0 Å². The molecule has 0 unspecified atom stereocenters. The Bertz CT molecular complexity index is 3780. The maximum absolute atomic E-state index is 8.24. The Labute approximate surface area is 371 Å². The van der Waals surface area contributed by atoms with Gasteiger partial charge in [0.1, 0.15) is 4.83 Å². The molecule has 3 aromatic heterocycles. The molecule has 0 fully saturated rings. The minimum atomic E-state index is -2.23. The molecule has 4 heteroatoms. The summed E-state index contributed by atoms with van der Waals surface area (Å²) in [5.41, 5.74) is 13.6. The number of aromatic nitrogens is 1. The molecule has 0 amide bonds. The van der Waals surface area contributed by atoms with Crippen LogP contribution in [0.2, 0.25) is 0 Å². The van der Waals surface area contributed by atoms with Crippen LogP contribution in [0.4, 0.5) is 34.1 Å². The summed E-state index contributed by atoms with van der Waals surface area (Å²) in [6.07, 6.45) is 0. The van der Waals surface area contributed by atoms with E-state index in [0.717, 1.165) is 65.7 Å². The fraction of sp³-hybridized carbons (Fsp3) is 0.0877. The van der Waals surface area contributed by atoms with Crippen molar-refractivity contribution in [2.45, 2.75) is 33.0 Å². The fourth-order valence-corrected chi connectivity index (χ4v) is 11.1. The summed E-state index contributed by atoms with van der Waals surface area (Å²) in [6.45, 7) is 0.182. The second kappa shape index (κ2) is 13.4. The van der Waals surface area contributed by atoms with Gasteiger partial charge in [-0.2, -0.15) is 0 Å². The summed E-state index contributed by atoms with van der Waals surface area (Å²) in [5, 5.41) is 4.75. The zero-order chi connectivity index (χ0) is 47.7. The quantitative estimate of drug-likeness (QED) is 0.159. The first kappa shape index (κ1) is 28.3. The van der Waals surface area contributed by atoms with Crippen LogP contribution < -0.4 is 9.80 Å². The Morgan fingerprint density at radius 1 is 0.525 bits per heavy atom. The number of benzene rings is 8. The van der Waals surface area contributed by atoms with E-state index >= 15 is 0 Å². The monoisotopic (exact) mass is 809 g/mol. The number of anilines is 6. The Balaban J connectivity index is 1.07. The van der Waals surface area contributed by atoms with E-state index in [9.17, 15) is 0 Å². The third-order valence-electron chi connectivity index (χ3n) is 12.5. The van der Waals surface area contributed by atoms with Crippen molar-refractivity contribution in [3.05, 3.63) is 210 Å². The van der Waals surface area contributed by atoms with E-state index < -0.39 is 19.1 Å². The second-order valence-electron chi connectivity index (χ2n) is 16.4. The standard InChI is InChI=1S/C57H43N3S/c1-36-20-24-42(25-21-36)58(40-16-10-6-11-17-40)44-28-30-46-50(34-44)57(3,4)53-49-33-39(38-14-8-5-9-15-38)32-48-52-47-31-29-45(35-51(47)61-56(52)60(54(48)49)55(46)53)59(41-18-12-7-13-19-41)43-26-22-37(2)23-27-43/h5-35H,1-4H3/i1D3,2D3,6D,7D. The predicted molar refractivity (Wildman–Crippen MR) is 261 cm³/mol. The van der Waals surface area contributed by atoms with E-state index in [-0.39, 0.29) is 11.1 Å². The van der Waals surface area contributed by atoms with Crippen LogP contribution in [0, 0.1) is 13.7 Å². The zero-order valence-electron chi connectivity index (χ0n) is 41.5. The lowest BCUT2D eigenvalue weighted by Gasteiger charge is -2.28. The van der Waals surface area contributed by atoms with Crippen molar-refractivity contribution >= 4 is 82.1 Å². The third-order valence-corrected chi connectivity index (χ3v) is 13.7. The second-order valence-corrected chi connectivity index (χ2v) is 17.5. The SMILES string of the molecule is [2H]c1ccc(N(c2ccc(C([2H])([2H])[2H])cc2)c2ccc3c(c2)C(C)(C)c2c-3n3c4sc5cc(N(c6ccc([2H])cc6)c6ccc(C([2H])([2H])[2H])cc6)ccc5c4c4cc(-c5ccccc5)cc2c43)cc1. The van der Waals surface area contributed by atoms with Gasteiger partial charge in [-0.05, 0) is 121 Å². The van der Waals surface area contributed by atoms with E-state index in [1.165, 1.54) is 38.5 Å². The van der Waals surface area contributed by atoms with Crippen molar-refractivity contribution in [3.8, 4) is 22.4 Å². The summed E-state index contributed by atoms with van der Waals surface area (Å²) < 4.78 is 68.0. The molecule has 0 atom stereocenters. The van der Waals surface area contributed by atoms with Gasteiger partial charge in [0.15, 0.2) is 0 Å². The summed E-state index contributed by atoms with van der Waals surface area (Å²) in [6, 6.07) is 58.2. The van der Waals surface area contributed by atoms with Gasteiger partial charge in [-0.3, -0.25) is 4.40 Å². The predicted octanol–water partition coefficient (Wildman–Crippen LogP) is 16.4. The first-order valence-corrected chi connectivity index (χ1v) is 21.3. The largest absolute Gasteiger partial charge is 0.310 e. The molecule has 0 saturated carbocycles. The van der Waals surface area contributed by atoms with Gasteiger partial charge in [-0.25, -0.2) is 0 Å². The topological polar surface area (TPSA) is 10.9 Å². The molecule has 3 heterocycles. The highest BCUT2D eigenvalue weighted by atomic mass is 32.1. The van der Waals surface area contributed by atoms with Crippen LogP contribution in [-0.4, -0.2) is 4.40 Å². The summed E-state index contributed by atoms with van der Waals surface area (Å²) in [5.74, 6) is 0. The van der Waals surface area contributed by atoms with Crippen LogP contribution in [-0.2, 0) is 5.41 Å². The van der Waals surface area contributed by atoms with Gasteiger partial charge >= 0.3 is 0 Å². The molecule has 3 nitrogen and oxygen atoms in total. The van der Waals surface area contributed by atoms with Gasteiger partial charge in [-0.1, -0.05) is 128 Å². The fourth-order valence-electron chi connectivity index (χ4n) is 9.82. The van der Waals surface area contributed by atoms with Crippen molar-refractivity contribution in [2.24, 2.45) is 0 Å². The molecule has 0 bridgehead atoms. The number of nitrogens with zero attached hydrogens (tertiary/aromatic N) is 3. The molecular formula is C57H43N3S. The number of hydrogen-bond donors (Lipinski definition) is 0. The van der Waals surface area contributed by atoms with E-state index in [0.29, 0.717) is 12.1 Å². The van der Waals surface area contributed by atoms with Crippen molar-refractivity contribution in [1.29, 1.82) is 0 Å². The minimum absolute atomic E-state index is 0.275. The van der Waals surface area contributed by atoms with E-state index in [2.05, 4.69) is 101 Å². The molecule has 0 aliphatic heterocycles. The average molecular weight is 810 g/mol. The molecule has 8 aromatic carbocycles. The lowest BCUT2D eigenvalue weighted by Crippen LogP contribution is -2.16. The summed E-state index contributed by atoms with van der Waals surface area (Å²) in [7, 11) is 0. The molecule has 11 aromatic rings. The third kappa shape index (κ3) is 5.42. The number of fused-ring (bicyclic) bond motifs is 10. The average Bonchev–Trinajstić information content (AvgIpc) is 4.04. The molecule has 0 radical (unpaired) electrons. The van der Waals surface area contributed by atoms with Gasteiger partial charge in [-0.15, -0.1) is 11.3 Å². The van der Waals surface area contributed by atoms with Gasteiger partial charge in [0, 0.05) is 79.6 Å². The smallest absolute Gasteiger partial charge is 0.109 e. The Hall–Kier alpha value is -7.14. The highest BCUT2D eigenvalue weighted by Crippen LogP contribution is 2.58. The lowest BCUT2D eigenvalue weighted by molar-refractivity contribution is 0.666. The molecule has 12 rings (SSSR count). The molecular weight excluding hydrogens is 759 g/mol. The van der Waals surface area contributed by atoms with E-state index in [4.69, 9.17) is 11.0 Å². The number of para-hydroxylation sites is 2. The van der Waals surface area contributed by atoms with Gasteiger partial charge in [0.05, 0.1) is 14.0 Å². The van der Waals surface area contributed by atoms with Gasteiger partial charge in [0.25, 0.3) is 0 Å². The number of thiophene rings is 1. The van der Waals surface area contributed by atoms with Crippen molar-refractivity contribution in [2.75, 3.05) is 9.80 Å². The van der Waals surface area contributed by atoms with Crippen LogP contribution in [0.1, 0.15) is 47.1 Å². The Morgan fingerprint density at radius 2 is 1.08 bits per heavy atom. The summed E-state index contributed by atoms with van der Waals surface area (Å²) in [4.78, 5) is 5.40. The Kier molecular flexibility index (Phi) is 6.24. The van der Waals surface area contributed by atoms with Crippen LogP contribution in [0.5, 0.6) is 0 Å². The maximum Gasteiger partial charge on any atom is 0.109 e. The minimum Gasteiger partial charge on any atom is -0.310 e. The van der Waals surface area contributed by atoms with Crippen molar-refractivity contribution in [1.82, 2.24) is 4.40 Å². The Morgan fingerprint density at radius 3 is 1.70 bits per heavy atom. The highest BCUT2D eigenvalue weighted by molar-refractivity contribution is 7.25. The molecule has 61 heavy (non-hydrogen) atoms. The first-order chi connectivity index (χ1) is 33.0. The highest BCUT2D eigenvalue weighted by Gasteiger charge is 2.42. The molecule has 0 N–H and O–H groups in total. The van der Waals surface area contributed by atoms with Gasteiger partial charge in [0.2, 0.25) is 0 Å². The van der Waals surface area contributed by atoms with Crippen LogP contribution in [0.25, 0.3) is 59.0 Å².